The van der Waals surface area contributed by atoms with Gasteiger partial charge >= 0.3 is 24.1 Å². The summed E-state index contributed by atoms with van der Waals surface area (Å²) < 4.78 is 20.1. The van der Waals surface area contributed by atoms with Gasteiger partial charge in [-0.2, -0.15) is 0 Å². The summed E-state index contributed by atoms with van der Waals surface area (Å²) in [7, 11) is 2.53. The lowest BCUT2D eigenvalue weighted by molar-refractivity contribution is -0.150. The molecular formula is C39H42N6O9. The number of nitrogen functional groups attached to an aromatic ring is 1. The summed E-state index contributed by atoms with van der Waals surface area (Å²) in [5, 5.41) is 5.30. The maximum Gasteiger partial charge on any atom is 0.408 e. The van der Waals surface area contributed by atoms with Crippen LogP contribution < -0.4 is 22.1 Å². The molecule has 2 atom stereocenters. The number of ether oxygens (including phenoxy) is 4. The van der Waals surface area contributed by atoms with Crippen molar-refractivity contribution in [1.82, 2.24) is 20.5 Å². The van der Waals surface area contributed by atoms with Gasteiger partial charge in [-0.15, -0.1) is 0 Å². The van der Waals surface area contributed by atoms with Crippen LogP contribution in [-0.4, -0.2) is 86.0 Å². The van der Waals surface area contributed by atoms with Gasteiger partial charge < -0.3 is 45.9 Å². The molecule has 0 spiro atoms. The SMILES string of the molecule is COC(=O)Cc1cc(C#CCOC(=O)NCc2ccnc(N)c2)cc(C#CCOC(=O)NC2CC(C(=O)OC)N(C(=O)CCc3cccc(CN)c3)C2)c1. The zero-order valence-electron chi connectivity index (χ0n) is 30.0. The fourth-order valence-electron chi connectivity index (χ4n) is 5.58. The Morgan fingerprint density at radius 2 is 1.57 bits per heavy atom. The van der Waals surface area contributed by atoms with Gasteiger partial charge in [0.1, 0.15) is 11.9 Å². The number of anilines is 1. The predicted octanol–water partition coefficient (Wildman–Crippen LogP) is 1.97. The molecular weight excluding hydrogens is 696 g/mol. The van der Waals surface area contributed by atoms with Gasteiger partial charge in [0, 0.05) is 49.8 Å². The maximum atomic E-state index is 13.2. The number of methoxy groups -OCH3 is 2. The predicted molar refractivity (Wildman–Crippen MR) is 196 cm³/mol. The Bertz CT molecular complexity index is 1960. The topological polar surface area (TPSA) is 214 Å². The highest BCUT2D eigenvalue weighted by atomic mass is 16.6. The molecule has 0 saturated carbocycles. The number of carbonyl (C=O) groups is 5. The van der Waals surface area contributed by atoms with Gasteiger partial charge in [0.15, 0.2) is 13.2 Å². The number of benzene rings is 2. The van der Waals surface area contributed by atoms with Gasteiger partial charge in [0.2, 0.25) is 5.91 Å². The molecule has 3 amide bonds. The molecule has 1 saturated heterocycles. The third-order valence-corrected chi connectivity index (χ3v) is 8.14. The van der Waals surface area contributed by atoms with Crippen LogP contribution in [0.5, 0.6) is 0 Å². The third kappa shape index (κ3) is 12.9. The van der Waals surface area contributed by atoms with Crippen LogP contribution in [0.2, 0.25) is 0 Å². The van der Waals surface area contributed by atoms with Crippen molar-refractivity contribution < 1.29 is 42.9 Å². The van der Waals surface area contributed by atoms with Gasteiger partial charge in [-0.3, -0.25) is 9.59 Å². The average Bonchev–Trinajstić information content (AvgIpc) is 3.59. The van der Waals surface area contributed by atoms with E-state index in [9.17, 15) is 24.0 Å². The molecule has 2 aromatic carbocycles. The summed E-state index contributed by atoms with van der Waals surface area (Å²) in [6.07, 6.45) is 0.850. The monoisotopic (exact) mass is 738 g/mol. The first-order chi connectivity index (χ1) is 26.1. The lowest BCUT2D eigenvalue weighted by atomic mass is 10.0. The summed E-state index contributed by atoms with van der Waals surface area (Å²) in [4.78, 5) is 67.6. The minimum Gasteiger partial charge on any atom is -0.469 e. The van der Waals surface area contributed by atoms with E-state index in [1.165, 1.54) is 25.3 Å². The van der Waals surface area contributed by atoms with Crippen molar-refractivity contribution in [2.75, 3.05) is 39.7 Å². The molecule has 282 valence electrons. The van der Waals surface area contributed by atoms with Crippen molar-refractivity contribution in [3.8, 4) is 23.7 Å². The Morgan fingerprint density at radius 3 is 2.24 bits per heavy atom. The van der Waals surface area contributed by atoms with E-state index in [1.54, 1.807) is 30.3 Å². The Balaban J connectivity index is 1.30. The number of hydrogen-bond donors (Lipinski definition) is 4. The Kier molecular flexibility index (Phi) is 15.2. The van der Waals surface area contributed by atoms with E-state index in [4.69, 9.17) is 30.4 Å². The first-order valence-electron chi connectivity index (χ1n) is 16.9. The number of alkyl carbamates (subject to hydrolysis) is 2. The Morgan fingerprint density at radius 1 is 0.870 bits per heavy atom. The first-order valence-corrected chi connectivity index (χ1v) is 16.9. The summed E-state index contributed by atoms with van der Waals surface area (Å²) in [6, 6.07) is 14.6. The molecule has 1 aromatic heterocycles. The van der Waals surface area contributed by atoms with Crippen molar-refractivity contribution >= 4 is 35.9 Å². The van der Waals surface area contributed by atoms with Gasteiger partial charge in [0.05, 0.1) is 26.7 Å². The lowest BCUT2D eigenvalue weighted by Crippen LogP contribution is -2.42. The molecule has 54 heavy (non-hydrogen) atoms. The zero-order chi connectivity index (χ0) is 38.9. The minimum atomic E-state index is -0.848. The normalized spacial score (nSPS) is 14.3. The van der Waals surface area contributed by atoms with Crippen molar-refractivity contribution in [2.45, 2.75) is 50.9 Å². The lowest BCUT2D eigenvalue weighted by Gasteiger charge is -2.22. The van der Waals surface area contributed by atoms with Crippen molar-refractivity contribution in [3.63, 3.8) is 0 Å². The van der Waals surface area contributed by atoms with Crippen molar-refractivity contribution in [2.24, 2.45) is 5.73 Å². The largest absolute Gasteiger partial charge is 0.469 e. The van der Waals surface area contributed by atoms with Crippen LogP contribution in [0.25, 0.3) is 0 Å². The van der Waals surface area contributed by atoms with E-state index < -0.39 is 36.2 Å². The van der Waals surface area contributed by atoms with E-state index in [2.05, 4.69) is 39.3 Å². The highest BCUT2D eigenvalue weighted by Gasteiger charge is 2.40. The molecule has 15 heteroatoms. The molecule has 0 aliphatic carbocycles. The Labute approximate surface area is 313 Å². The van der Waals surface area contributed by atoms with E-state index in [0.29, 0.717) is 35.5 Å². The van der Waals surface area contributed by atoms with Crippen molar-refractivity contribution in [1.29, 1.82) is 0 Å². The van der Waals surface area contributed by atoms with Gasteiger partial charge in [-0.1, -0.05) is 47.9 Å². The number of amides is 3. The van der Waals surface area contributed by atoms with Crippen LogP contribution in [0.15, 0.2) is 60.8 Å². The third-order valence-electron chi connectivity index (χ3n) is 8.14. The molecule has 2 heterocycles. The second-order valence-corrected chi connectivity index (χ2v) is 12.1. The Hall–Kier alpha value is -6.58. The number of nitrogens with zero attached hydrogens (tertiary/aromatic N) is 2. The van der Waals surface area contributed by atoms with E-state index in [1.807, 2.05) is 24.3 Å². The number of rotatable bonds is 12. The molecule has 1 fully saturated rings. The number of likely N-dealkylation sites (tertiary alicyclic amines) is 1. The minimum absolute atomic E-state index is 0.0347. The number of aromatic nitrogens is 1. The molecule has 0 radical (unpaired) electrons. The molecule has 3 aromatic rings. The summed E-state index contributed by atoms with van der Waals surface area (Å²) in [5.41, 5.74) is 15.6. The number of carbonyl (C=O) groups excluding carboxylic acids is 5. The van der Waals surface area contributed by atoms with Gasteiger partial charge in [-0.25, -0.2) is 19.4 Å². The van der Waals surface area contributed by atoms with Crippen LogP contribution in [0.4, 0.5) is 15.4 Å². The van der Waals surface area contributed by atoms with Crippen LogP contribution >= 0.6 is 0 Å². The first kappa shape index (κ1) is 40.2. The molecule has 6 N–H and O–H groups in total. The standard InChI is InChI=1S/C39H42N6O9/c1-51-36(47)21-31-18-27(8-4-14-53-38(49)43-24-30-12-13-42-34(41)20-30)17-28(19-31)9-5-15-54-39(50)44-32-22-33(37(48)52-2)45(25-32)35(46)11-10-26-6-3-7-29(16-26)23-40/h3,6-7,12-13,16-20,32-33H,10-11,14-15,21-25,40H2,1-2H3,(H2,41,42)(H,43,49)(H,44,50). The molecule has 15 nitrogen and oxygen atoms in total. The fourth-order valence-corrected chi connectivity index (χ4v) is 5.58. The zero-order valence-corrected chi connectivity index (χ0v) is 30.0. The van der Waals surface area contributed by atoms with Crippen LogP contribution in [0.1, 0.15) is 46.2 Å². The summed E-state index contributed by atoms with van der Waals surface area (Å²) in [5.74, 6) is 10.4. The molecule has 1 aliphatic heterocycles. The maximum absolute atomic E-state index is 13.2. The quantitative estimate of drug-likeness (QED) is 0.119. The molecule has 2 unspecified atom stereocenters. The second-order valence-electron chi connectivity index (χ2n) is 12.1. The average molecular weight is 739 g/mol. The number of nitrogens with one attached hydrogen (secondary N) is 2. The number of hydrogen-bond acceptors (Lipinski definition) is 12. The highest BCUT2D eigenvalue weighted by Crippen LogP contribution is 2.21. The summed E-state index contributed by atoms with van der Waals surface area (Å²) >= 11 is 0. The number of nitrogens with two attached hydrogens (primary N) is 2. The van der Waals surface area contributed by atoms with E-state index in [-0.39, 0.29) is 51.5 Å². The number of pyridine rings is 1. The van der Waals surface area contributed by atoms with Gasteiger partial charge in [0.25, 0.3) is 0 Å². The summed E-state index contributed by atoms with van der Waals surface area (Å²) in [6.45, 7) is 0.216. The van der Waals surface area contributed by atoms with E-state index >= 15 is 0 Å². The van der Waals surface area contributed by atoms with Gasteiger partial charge in [-0.05, 0) is 59.0 Å². The number of esters is 2. The van der Waals surface area contributed by atoms with Crippen LogP contribution in [-0.2, 0) is 59.3 Å². The highest BCUT2D eigenvalue weighted by molar-refractivity contribution is 5.85. The van der Waals surface area contributed by atoms with Crippen molar-refractivity contribution in [3.05, 3.63) is 94.2 Å². The molecule has 4 rings (SSSR count). The fraction of sp³-hybridized carbons (Fsp3) is 0.333. The van der Waals surface area contributed by atoms with Crippen LogP contribution in [0, 0.1) is 23.7 Å². The second kappa shape index (κ2) is 20.5. The smallest absolute Gasteiger partial charge is 0.408 e. The molecule has 1 aliphatic rings. The number of aryl methyl sites for hydroxylation is 1. The van der Waals surface area contributed by atoms with E-state index in [0.717, 1.165) is 16.7 Å². The molecule has 0 bridgehead atoms. The van der Waals surface area contributed by atoms with Crippen LogP contribution in [0.3, 0.4) is 0 Å².